The van der Waals surface area contributed by atoms with E-state index >= 15 is 0 Å². The molecular weight excluding hydrogens is 358 g/mol. The van der Waals surface area contributed by atoms with Crippen LogP contribution in [0.2, 0.25) is 0 Å². The minimum absolute atomic E-state index is 0.177. The largest absolute Gasteiger partial charge is 0.493 e. The van der Waals surface area contributed by atoms with Crippen molar-refractivity contribution in [2.45, 2.75) is 0 Å². The second kappa shape index (κ2) is 9.42. The lowest BCUT2D eigenvalue weighted by molar-refractivity contribution is -0.120. The number of carbonyl (C=O) groups is 2. The van der Waals surface area contributed by atoms with Crippen LogP contribution in [0.4, 0.5) is 0 Å². The normalized spacial score (nSPS) is 10.4. The summed E-state index contributed by atoms with van der Waals surface area (Å²) in [6, 6.07) is 6.83. The molecule has 26 heavy (non-hydrogen) atoms. The van der Waals surface area contributed by atoms with Crippen molar-refractivity contribution in [1.29, 1.82) is 0 Å². The van der Waals surface area contributed by atoms with Gasteiger partial charge in [-0.3, -0.25) is 9.59 Å². The van der Waals surface area contributed by atoms with Gasteiger partial charge in [-0.2, -0.15) is 5.10 Å². The number of carbonyl (C=O) groups excluding carboxylic acids is 2. The van der Waals surface area contributed by atoms with Crippen molar-refractivity contribution in [3.8, 4) is 17.2 Å². The number of hydrogen-bond donors (Lipinski definition) is 2. The molecule has 0 bridgehead atoms. The SMILES string of the molecule is COc1cc(/C=N\NC(=O)CNC(=O)c2cccs2)cc(OC)c1OC. The molecule has 1 heterocycles. The van der Waals surface area contributed by atoms with Gasteiger partial charge in [0.2, 0.25) is 5.75 Å². The van der Waals surface area contributed by atoms with Crippen LogP contribution in [0, 0.1) is 0 Å². The summed E-state index contributed by atoms with van der Waals surface area (Å²) in [5, 5.41) is 8.17. The highest BCUT2D eigenvalue weighted by Crippen LogP contribution is 2.37. The van der Waals surface area contributed by atoms with E-state index in [1.807, 2.05) is 0 Å². The van der Waals surface area contributed by atoms with Gasteiger partial charge in [0, 0.05) is 5.56 Å². The average Bonchev–Trinajstić information content (AvgIpc) is 3.20. The monoisotopic (exact) mass is 377 g/mol. The molecule has 1 aromatic heterocycles. The number of nitrogens with one attached hydrogen (secondary N) is 2. The number of ether oxygens (including phenoxy) is 3. The molecule has 0 unspecified atom stereocenters. The minimum atomic E-state index is -0.446. The number of thiophene rings is 1. The summed E-state index contributed by atoms with van der Waals surface area (Å²) in [6.07, 6.45) is 1.43. The van der Waals surface area contributed by atoms with Crippen molar-refractivity contribution in [3.63, 3.8) is 0 Å². The zero-order valence-electron chi connectivity index (χ0n) is 14.6. The molecule has 0 atom stereocenters. The van der Waals surface area contributed by atoms with Gasteiger partial charge in [0.1, 0.15) is 0 Å². The van der Waals surface area contributed by atoms with E-state index in [4.69, 9.17) is 14.2 Å². The zero-order valence-corrected chi connectivity index (χ0v) is 15.4. The van der Waals surface area contributed by atoms with Crippen molar-refractivity contribution in [1.82, 2.24) is 10.7 Å². The summed E-state index contributed by atoms with van der Waals surface area (Å²) in [5.74, 6) is 0.667. The van der Waals surface area contributed by atoms with Crippen LogP contribution in [0.3, 0.4) is 0 Å². The highest BCUT2D eigenvalue weighted by Gasteiger charge is 2.12. The quantitative estimate of drug-likeness (QED) is 0.538. The lowest BCUT2D eigenvalue weighted by Crippen LogP contribution is -2.34. The predicted octanol–water partition coefficient (Wildman–Crippen LogP) is 1.65. The van der Waals surface area contributed by atoms with Gasteiger partial charge < -0.3 is 19.5 Å². The molecule has 2 aromatic rings. The Morgan fingerprint density at radius 2 is 1.85 bits per heavy atom. The number of hydrazone groups is 1. The fourth-order valence-electron chi connectivity index (χ4n) is 2.05. The smallest absolute Gasteiger partial charge is 0.261 e. The Balaban J connectivity index is 1.93. The summed E-state index contributed by atoms with van der Waals surface area (Å²) in [7, 11) is 4.53. The summed E-state index contributed by atoms with van der Waals surface area (Å²) in [6.45, 7) is -0.177. The van der Waals surface area contributed by atoms with E-state index < -0.39 is 5.91 Å². The van der Waals surface area contributed by atoms with Crippen molar-refractivity contribution < 1.29 is 23.8 Å². The van der Waals surface area contributed by atoms with Crippen LogP contribution in [0.15, 0.2) is 34.7 Å². The van der Waals surface area contributed by atoms with Crippen LogP contribution >= 0.6 is 11.3 Å². The van der Waals surface area contributed by atoms with Crippen molar-refractivity contribution in [2.75, 3.05) is 27.9 Å². The van der Waals surface area contributed by atoms with E-state index in [0.29, 0.717) is 27.7 Å². The molecule has 0 saturated heterocycles. The first-order chi connectivity index (χ1) is 12.6. The second-order valence-electron chi connectivity index (χ2n) is 4.91. The van der Waals surface area contributed by atoms with Crippen LogP contribution in [0.1, 0.15) is 15.2 Å². The minimum Gasteiger partial charge on any atom is -0.493 e. The van der Waals surface area contributed by atoms with E-state index in [0.717, 1.165) is 0 Å². The lowest BCUT2D eigenvalue weighted by Gasteiger charge is -2.12. The van der Waals surface area contributed by atoms with Gasteiger partial charge in [-0.25, -0.2) is 5.43 Å². The zero-order chi connectivity index (χ0) is 18.9. The Bertz CT molecular complexity index is 765. The first kappa shape index (κ1) is 19.3. The molecule has 0 radical (unpaired) electrons. The number of hydrogen-bond acceptors (Lipinski definition) is 7. The third-order valence-electron chi connectivity index (χ3n) is 3.24. The third kappa shape index (κ3) is 4.96. The van der Waals surface area contributed by atoms with Crippen molar-refractivity contribution in [2.24, 2.45) is 5.10 Å². The van der Waals surface area contributed by atoms with Gasteiger partial charge in [0.05, 0.1) is 39.0 Å². The molecule has 2 amide bonds. The highest BCUT2D eigenvalue weighted by atomic mass is 32.1. The molecule has 0 aliphatic rings. The summed E-state index contributed by atoms with van der Waals surface area (Å²) >= 11 is 1.30. The highest BCUT2D eigenvalue weighted by molar-refractivity contribution is 7.12. The van der Waals surface area contributed by atoms with E-state index in [9.17, 15) is 9.59 Å². The molecule has 9 heteroatoms. The number of methoxy groups -OCH3 is 3. The number of rotatable bonds is 8. The summed E-state index contributed by atoms with van der Waals surface area (Å²) < 4.78 is 15.7. The molecule has 2 rings (SSSR count). The Morgan fingerprint density at radius 1 is 1.15 bits per heavy atom. The average molecular weight is 377 g/mol. The first-order valence-corrected chi connectivity index (χ1v) is 8.40. The maximum absolute atomic E-state index is 11.7. The van der Waals surface area contributed by atoms with Crippen molar-refractivity contribution >= 4 is 29.4 Å². The Kier molecular flexibility index (Phi) is 6.98. The fraction of sp³-hybridized carbons (Fsp3) is 0.235. The van der Waals surface area contributed by atoms with Gasteiger partial charge in [0.25, 0.3) is 11.8 Å². The molecule has 138 valence electrons. The van der Waals surface area contributed by atoms with Crippen LogP contribution in [-0.2, 0) is 4.79 Å². The molecule has 0 aliphatic heterocycles. The molecular formula is C17H19N3O5S. The molecule has 0 saturated carbocycles. The maximum Gasteiger partial charge on any atom is 0.261 e. The maximum atomic E-state index is 11.7. The van der Waals surface area contributed by atoms with E-state index in [1.165, 1.54) is 38.9 Å². The molecule has 0 aliphatic carbocycles. The van der Waals surface area contributed by atoms with Crippen LogP contribution in [0.25, 0.3) is 0 Å². The second-order valence-corrected chi connectivity index (χ2v) is 5.86. The lowest BCUT2D eigenvalue weighted by atomic mass is 10.2. The number of nitrogens with zero attached hydrogens (tertiary/aromatic N) is 1. The first-order valence-electron chi connectivity index (χ1n) is 7.52. The Morgan fingerprint density at radius 3 is 2.38 bits per heavy atom. The van der Waals surface area contributed by atoms with Gasteiger partial charge >= 0.3 is 0 Å². The molecule has 2 N–H and O–H groups in total. The summed E-state index contributed by atoms with van der Waals surface area (Å²) in [4.78, 5) is 24.0. The molecule has 8 nitrogen and oxygen atoms in total. The topological polar surface area (TPSA) is 98.2 Å². The van der Waals surface area contributed by atoms with Crippen LogP contribution in [-0.4, -0.2) is 45.9 Å². The van der Waals surface area contributed by atoms with Crippen LogP contribution in [0.5, 0.6) is 17.2 Å². The van der Waals surface area contributed by atoms with Gasteiger partial charge in [-0.05, 0) is 23.6 Å². The van der Waals surface area contributed by atoms with E-state index in [2.05, 4.69) is 15.8 Å². The molecule has 0 spiro atoms. The summed E-state index contributed by atoms with van der Waals surface area (Å²) in [5.41, 5.74) is 2.98. The number of benzene rings is 1. The van der Waals surface area contributed by atoms with Crippen LogP contribution < -0.4 is 25.0 Å². The number of amides is 2. The Labute approximate surface area is 154 Å². The van der Waals surface area contributed by atoms with Gasteiger partial charge in [0.15, 0.2) is 11.5 Å². The van der Waals surface area contributed by atoms with E-state index in [-0.39, 0.29) is 12.5 Å². The predicted molar refractivity (Wildman–Crippen MR) is 98.5 cm³/mol. The fourth-order valence-corrected chi connectivity index (χ4v) is 2.69. The third-order valence-corrected chi connectivity index (χ3v) is 4.11. The molecule has 0 fully saturated rings. The molecule has 1 aromatic carbocycles. The van der Waals surface area contributed by atoms with Crippen molar-refractivity contribution in [3.05, 3.63) is 40.1 Å². The Hall–Kier alpha value is -3.07. The van der Waals surface area contributed by atoms with Gasteiger partial charge in [-0.1, -0.05) is 6.07 Å². The van der Waals surface area contributed by atoms with Gasteiger partial charge in [-0.15, -0.1) is 11.3 Å². The standard InChI is InChI=1S/C17H19N3O5S/c1-23-12-7-11(8-13(24-2)16(12)25-3)9-19-20-15(21)10-18-17(22)14-5-4-6-26-14/h4-9H,10H2,1-3H3,(H,18,22)(H,20,21)/b19-9-. The van der Waals surface area contributed by atoms with E-state index in [1.54, 1.807) is 29.6 Å².